The van der Waals surface area contributed by atoms with E-state index in [1.54, 1.807) is 16.9 Å². The Labute approximate surface area is 100 Å². The van der Waals surface area contributed by atoms with Crippen molar-refractivity contribution in [2.24, 2.45) is 5.73 Å². The number of aromatic nitrogens is 2. The van der Waals surface area contributed by atoms with E-state index in [1.165, 1.54) is 11.1 Å². The third kappa shape index (κ3) is 2.53. The molecule has 0 atom stereocenters. The second kappa shape index (κ2) is 4.41. The Morgan fingerprint density at radius 3 is 2.53 bits per heavy atom. The Hall–Kier alpha value is -2.10. The molecule has 0 spiro atoms. The highest BCUT2D eigenvalue weighted by atomic mass is 16.1. The second-order valence-electron chi connectivity index (χ2n) is 4.23. The minimum absolute atomic E-state index is 0.434. The van der Waals surface area contributed by atoms with Gasteiger partial charge in [-0.05, 0) is 25.5 Å². The van der Waals surface area contributed by atoms with Crippen LogP contribution in [0.4, 0.5) is 0 Å². The van der Waals surface area contributed by atoms with Gasteiger partial charge in [-0.15, -0.1) is 0 Å². The Morgan fingerprint density at radius 1 is 1.29 bits per heavy atom. The van der Waals surface area contributed by atoms with E-state index in [2.05, 4.69) is 37.1 Å². The zero-order valence-corrected chi connectivity index (χ0v) is 9.97. The van der Waals surface area contributed by atoms with Crippen LogP contribution >= 0.6 is 0 Å². The topological polar surface area (TPSA) is 60.9 Å². The highest BCUT2D eigenvalue weighted by Crippen LogP contribution is 2.11. The van der Waals surface area contributed by atoms with Gasteiger partial charge >= 0.3 is 0 Å². The van der Waals surface area contributed by atoms with Gasteiger partial charge in [-0.25, -0.2) is 0 Å². The number of rotatable bonds is 3. The lowest BCUT2D eigenvalue weighted by Gasteiger charge is -2.07. The van der Waals surface area contributed by atoms with E-state index in [1.807, 2.05) is 0 Å². The lowest BCUT2D eigenvalue weighted by atomic mass is 10.1. The lowest BCUT2D eigenvalue weighted by Crippen LogP contribution is -2.18. The van der Waals surface area contributed by atoms with Crippen molar-refractivity contribution in [2.75, 3.05) is 0 Å². The van der Waals surface area contributed by atoms with Crippen molar-refractivity contribution in [3.8, 4) is 0 Å². The summed E-state index contributed by atoms with van der Waals surface area (Å²) in [6.45, 7) is 4.66. The molecule has 0 aliphatic carbocycles. The van der Waals surface area contributed by atoms with Crippen molar-refractivity contribution < 1.29 is 4.79 Å². The summed E-state index contributed by atoms with van der Waals surface area (Å²) in [4.78, 5) is 11.2. The molecule has 1 aromatic heterocycles. The second-order valence-corrected chi connectivity index (χ2v) is 4.23. The summed E-state index contributed by atoms with van der Waals surface area (Å²) in [5.74, 6) is -0.452. The number of nitrogens with zero attached hydrogens (tertiary/aromatic N) is 2. The number of hydrogen-bond donors (Lipinski definition) is 1. The van der Waals surface area contributed by atoms with Gasteiger partial charge in [-0.2, -0.15) is 5.10 Å². The standard InChI is InChI=1S/C13H15N3O/c1-9-5-10(2)7-11(6-9)8-16-12(13(14)17)3-4-15-16/h3-7H,8H2,1-2H3,(H2,14,17). The number of hydrogen-bond acceptors (Lipinski definition) is 2. The maximum absolute atomic E-state index is 11.2. The number of carbonyl (C=O) groups excluding carboxylic acids is 1. The van der Waals surface area contributed by atoms with Crippen molar-refractivity contribution in [1.82, 2.24) is 9.78 Å². The summed E-state index contributed by atoms with van der Waals surface area (Å²) < 4.78 is 1.62. The van der Waals surface area contributed by atoms with Crippen LogP contribution < -0.4 is 5.73 Å². The van der Waals surface area contributed by atoms with Gasteiger partial charge in [-0.3, -0.25) is 9.48 Å². The first kappa shape index (κ1) is 11.4. The Morgan fingerprint density at radius 2 is 1.94 bits per heavy atom. The molecule has 4 nitrogen and oxygen atoms in total. The van der Waals surface area contributed by atoms with E-state index in [-0.39, 0.29) is 0 Å². The molecule has 4 heteroatoms. The molecule has 2 rings (SSSR count). The molecule has 0 bridgehead atoms. The van der Waals surface area contributed by atoms with Crippen LogP contribution in [0.5, 0.6) is 0 Å². The number of nitrogens with two attached hydrogens (primary N) is 1. The van der Waals surface area contributed by atoms with Crippen molar-refractivity contribution in [3.05, 3.63) is 52.8 Å². The normalized spacial score (nSPS) is 10.5. The molecule has 0 radical (unpaired) electrons. The smallest absolute Gasteiger partial charge is 0.266 e. The minimum Gasteiger partial charge on any atom is -0.364 e. The molecule has 0 unspecified atom stereocenters. The molecule has 88 valence electrons. The molecule has 1 heterocycles. The highest BCUT2D eigenvalue weighted by molar-refractivity contribution is 5.90. The van der Waals surface area contributed by atoms with E-state index < -0.39 is 5.91 Å². The Bertz CT molecular complexity index is 537. The van der Waals surface area contributed by atoms with Gasteiger partial charge in [0.25, 0.3) is 5.91 Å². The monoisotopic (exact) mass is 229 g/mol. The predicted molar refractivity (Wildman–Crippen MR) is 65.8 cm³/mol. The fraction of sp³-hybridized carbons (Fsp3) is 0.231. The van der Waals surface area contributed by atoms with Crippen LogP contribution in [0, 0.1) is 13.8 Å². The van der Waals surface area contributed by atoms with Crippen molar-refractivity contribution >= 4 is 5.91 Å². The third-order valence-corrected chi connectivity index (χ3v) is 2.58. The van der Waals surface area contributed by atoms with Crippen LogP contribution in [-0.4, -0.2) is 15.7 Å². The maximum Gasteiger partial charge on any atom is 0.266 e. The molecule has 1 amide bonds. The summed E-state index contributed by atoms with van der Waals surface area (Å²) in [6.07, 6.45) is 1.59. The van der Waals surface area contributed by atoms with E-state index in [0.717, 1.165) is 5.56 Å². The van der Waals surface area contributed by atoms with Crippen molar-refractivity contribution in [3.63, 3.8) is 0 Å². The van der Waals surface area contributed by atoms with E-state index in [9.17, 15) is 4.79 Å². The predicted octanol–water partition coefficient (Wildman–Crippen LogP) is 1.65. The molecule has 0 saturated carbocycles. The lowest BCUT2D eigenvalue weighted by molar-refractivity contribution is 0.0990. The van der Waals surface area contributed by atoms with Gasteiger partial charge < -0.3 is 5.73 Å². The first-order valence-electron chi connectivity index (χ1n) is 5.45. The molecular formula is C13H15N3O. The summed E-state index contributed by atoms with van der Waals surface area (Å²) in [5.41, 5.74) is 9.23. The number of aryl methyl sites for hydroxylation is 2. The molecule has 0 fully saturated rings. The van der Waals surface area contributed by atoms with Gasteiger partial charge in [0.15, 0.2) is 0 Å². The van der Waals surface area contributed by atoms with Gasteiger partial charge in [0.2, 0.25) is 0 Å². The SMILES string of the molecule is Cc1cc(C)cc(Cn2nccc2C(N)=O)c1. The summed E-state index contributed by atoms with van der Waals surface area (Å²) >= 11 is 0. The fourth-order valence-corrected chi connectivity index (χ4v) is 2.00. The van der Waals surface area contributed by atoms with E-state index in [4.69, 9.17) is 5.73 Å². The minimum atomic E-state index is -0.452. The molecule has 1 aromatic carbocycles. The average molecular weight is 229 g/mol. The largest absolute Gasteiger partial charge is 0.364 e. The van der Waals surface area contributed by atoms with Crippen LogP contribution in [0.3, 0.4) is 0 Å². The molecular weight excluding hydrogens is 214 g/mol. The van der Waals surface area contributed by atoms with Crippen LogP contribution in [0.25, 0.3) is 0 Å². The number of carbonyl (C=O) groups is 1. The number of amides is 1. The van der Waals surface area contributed by atoms with Gasteiger partial charge in [0.1, 0.15) is 5.69 Å². The maximum atomic E-state index is 11.2. The first-order chi connectivity index (χ1) is 8.06. The van der Waals surface area contributed by atoms with Crippen LogP contribution in [0.2, 0.25) is 0 Å². The summed E-state index contributed by atoms with van der Waals surface area (Å²) in [5, 5.41) is 4.11. The Balaban J connectivity index is 2.31. The van der Waals surface area contributed by atoms with Gasteiger partial charge in [0, 0.05) is 6.20 Å². The van der Waals surface area contributed by atoms with Crippen molar-refractivity contribution in [1.29, 1.82) is 0 Å². The first-order valence-corrected chi connectivity index (χ1v) is 5.45. The van der Waals surface area contributed by atoms with Gasteiger partial charge in [-0.1, -0.05) is 29.3 Å². The van der Waals surface area contributed by atoms with Crippen LogP contribution in [0.15, 0.2) is 30.5 Å². The molecule has 0 aliphatic heterocycles. The molecule has 2 aromatic rings. The molecule has 2 N–H and O–H groups in total. The summed E-state index contributed by atoms with van der Waals surface area (Å²) in [6, 6.07) is 7.91. The number of benzene rings is 1. The molecule has 0 saturated heterocycles. The zero-order chi connectivity index (χ0) is 12.4. The average Bonchev–Trinajstić information content (AvgIpc) is 2.63. The zero-order valence-electron chi connectivity index (χ0n) is 9.97. The molecule has 17 heavy (non-hydrogen) atoms. The highest BCUT2D eigenvalue weighted by Gasteiger charge is 2.08. The van der Waals surface area contributed by atoms with Crippen molar-refractivity contribution in [2.45, 2.75) is 20.4 Å². The third-order valence-electron chi connectivity index (χ3n) is 2.58. The molecule has 0 aliphatic rings. The Kier molecular flexibility index (Phi) is 2.95. The van der Waals surface area contributed by atoms with Crippen LogP contribution in [-0.2, 0) is 6.54 Å². The van der Waals surface area contributed by atoms with E-state index >= 15 is 0 Å². The van der Waals surface area contributed by atoms with Gasteiger partial charge in [0.05, 0.1) is 6.54 Å². The fourth-order valence-electron chi connectivity index (χ4n) is 2.00. The quantitative estimate of drug-likeness (QED) is 0.869. The van der Waals surface area contributed by atoms with Crippen LogP contribution in [0.1, 0.15) is 27.2 Å². The van der Waals surface area contributed by atoms with E-state index in [0.29, 0.717) is 12.2 Å². The summed E-state index contributed by atoms with van der Waals surface area (Å²) in [7, 11) is 0. The number of primary amides is 1.